The van der Waals surface area contributed by atoms with Crippen molar-refractivity contribution in [1.82, 2.24) is 9.97 Å². The number of benzene rings is 2. The summed E-state index contributed by atoms with van der Waals surface area (Å²) in [6.07, 6.45) is 1.77. The van der Waals surface area contributed by atoms with E-state index in [2.05, 4.69) is 32.2 Å². The van der Waals surface area contributed by atoms with Crippen LogP contribution in [0.2, 0.25) is 0 Å². The Morgan fingerprint density at radius 2 is 1.76 bits per heavy atom. The van der Waals surface area contributed by atoms with E-state index >= 15 is 0 Å². The van der Waals surface area contributed by atoms with Gasteiger partial charge in [-0.3, -0.25) is 4.79 Å². The predicted octanol–water partition coefficient (Wildman–Crippen LogP) is 4.16. The molecule has 3 aromatic rings. The Hall–Kier alpha value is -3.26. The molecule has 7 nitrogen and oxygen atoms in total. The van der Waals surface area contributed by atoms with Crippen molar-refractivity contribution >= 4 is 34.9 Å². The number of amides is 1. The van der Waals surface area contributed by atoms with E-state index in [0.29, 0.717) is 5.16 Å². The molecule has 0 unspecified atom stereocenters. The van der Waals surface area contributed by atoms with Crippen LogP contribution in [0.5, 0.6) is 5.75 Å². The second-order valence-corrected chi connectivity index (χ2v) is 8.97. The van der Waals surface area contributed by atoms with Crippen LogP contribution in [-0.4, -0.2) is 54.9 Å². The second-order valence-electron chi connectivity index (χ2n) is 8.02. The molecule has 172 valence electrons. The number of anilines is 3. The summed E-state index contributed by atoms with van der Waals surface area (Å²) in [6.45, 7) is 7.58. The number of nitrogens with one attached hydrogen (secondary N) is 1. The minimum Gasteiger partial charge on any atom is -0.497 e. The Morgan fingerprint density at radius 3 is 2.48 bits per heavy atom. The molecule has 1 aliphatic heterocycles. The fourth-order valence-corrected chi connectivity index (χ4v) is 4.38. The molecule has 0 atom stereocenters. The summed E-state index contributed by atoms with van der Waals surface area (Å²) in [5.74, 6) is 1.97. The van der Waals surface area contributed by atoms with E-state index in [9.17, 15) is 4.79 Å². The number of piperazine rings is 1. The molecular weight excluding hydrogens is 434 g/mol. The molecule has 1 fully saturated rings. The number of carbonyl (C=O) groups is 1. The molecule has 33 heavy (non-hydrogen) atoms. The molecule has 1 aromatic heterocycles. The zero-order valence-electron chi connectivity index (χ0n) is 19.2. The highest BCUT2D eigenvalue weighted by Gasteiger charge is 2.19. The maximum absolute atomic E-state index is 12.4. The monoisotopic (exact) mass is 463 g/mol. The highest BCUT2D eigenvalue weighted by molar-refractivity contribution is 7.99. The molecule has 1 N–H and O–H groups in total. The summed E-state index contributed by atoms with van der Waals surface area (Å²) in [4.78, 5) is 26.1. The first-order chi connectivity index (χ1) is 16.0. The first kappa shape index (κ1) is 22.9. The first-order valence-electron chi connectivity index (χ1n) is 11.0. The van der Waals surface area contributed by atoms with E-state index < -0.39 is 0 Å². The van der Waals surface area contributed by atoms with E-state index in [0.717, 1.165) is 54.6 Å². The number of methoxy groups -OCH3 is 1. The van der Waals surface area contributed by atoms with Crippen molar-refractivity contribution in [3.8, 4) is 5.75 Å². The molecule has 8 heteroatoms. The van der Waals surface area contributed by atoms with Crippen LogP contribution in [0.25, 0.3) is 0 Å². The number of hydrogen-bond acceptors (Lipinski definition) is 7. The summed E-state index contributed by atoms with van der Waals surface area (Å²) in [7, 11) is 1.68. The average Bonchev–Trinajstić information content (AvgIpc) is 2.85. The topological polar surface area (TPSA) is 70.6 Å². The van der Waals surface area contributed by atoms with Crippen molar-refractivity contribution < 1.29 is 9.53 Å². The van der Waals surface area contributed by atoms with Crippen LogP contribution in [0.1, 0.15) is 11.1 Å². The van der Waals surface area contributed by atoms with Crippen LogP contribution in [-0.2, 0) is 4.79 Å². The lowest BCUT2D eigenvalue weighted by atomic mass is 10.1. The number of hydrogen-bond donors (Lipinski definition) is 1. The van der Waals surface area contributed by atoms with Gasteiger partial charge in [-0.05, 0) is 61.4 Å². The van der Waals surface area contributed by atoms with Gasteiger partial charge in [0.25, 0.3) is 0 Å². The smallest absolute Gasteiger partial charge is 0.234 e. The van der Waals surface area contributed by atoms with Gasteiger partial charge < -0.3 is 19.9 Å². The fourth-order valence-electron chi connectivity index (χ4n) is 3.75. The van der Waals surface area contributed by atoms with E-state index in [1.807, 2.05) is 50.2 Å². The zero-order valence-corrected chi connectivity index (χ0v) is 20.1. The van der Waals surface area contributed by atoms with Crippen LogP contribution in [0, 0.1) is 13.8 Å². The number of thioether (sulfide) groups is 1. The van der Waals surface area contributed by atoms with Crippen molar-refractivity contribution in [2.24, 2.45) is 0 Å². The second kappa shape index (κ2) is 10.6. The molecule has 0 saturated carbocycles. The predicted molar refractivity (Wildman–Crippen MR) is 135 cm³/mol. The van der Waals surface area contributed by atoms with Gasteiger partial charge in [-0.15, -0.1) is 0 Å². The molecule has 2 aromatic carbocycles. The number of aryl methyl sites for hydroxylation is 2. The van der Waals surface area contributed by atoms with Gasteiger partial charge in [0, 0.05) is 43.8 Å². The standard InChI is InChI=1S/C25H29N5O2S/c1-18-4-5-19(2)22(16-18)27-24(31)17-33-25-26-11-10-23(28-25)30-14-12-29(13-15-30)20-6-8-21(32-3)9-7-20/h4-11,16H,12-15,17H2,1-3H3,(H,27,31). The minimum absolute atomic E-state index is 0.0594. The third-order valence-corrected chi connectivity index (χ3v) is 6.52. The average molecular weight is 464 g/mol. The van der Waals surface area contributed by atoms with Gasteiger partial charge >= 0.3 is 0 Å². The Labute approximate surface area is 199 Å². The number of carbonyl (C=O) groups excluding carboxylic acids is 1. The normalized spacial score (nSPS) is 13.7. The van der Waals surface area contributed by atoms with Crippen molar-refractivity contribution in [3.05, 3.63) is 65.9 Å². The van der Waals surface area contributed by atoms with Crippen LogP contribution in [0.4, 0.5) is 17.2 Å². The maximum atomic E-state index is 12.4. The summed E-state index contributed by atoms with van der Waals surface area (Å²) >= 11 is 1.35. The third-order valence-electron chi connectivity index (χ3n) is 5.66. The van der Waals surface area contributed by atoms with E-state index in [-0.39, 0.29) is 11.7 Å². The van der Waals surface area contributed by atoms with Gasteiger partial charge in [0.15, 0.2) is 5.16 Å². The summed E-state index contributed by atoms with van der Waals surface area (Å²) in [6, 6.07) is 16.1. The molecular formula is C25H29N5O2S. The SMILES string of the molecule is COc1ccc(N2CCN(c3ccnc(SCC(=O)Nc4cc(C)ccc4C)n3)CC2)cc1. The molecule has 1 saturated heterocycles. The Balaban J connectivity index is 1.30. The highest BCUT2D eigenvalue weighted by atomic mass is 32.2. The van der Waals surface area contributed by atoms with E-state index in [1.165, 1.54) is 17.4 Å². The quantitative estimate of drug-likeness (QED) is 0.417. The molecule has 0 radical (unpaired) electrons. The molecule has 0 bridgehead atoms. The summed E-state index contributed by atoms with van der Waals surface area (Å²) < 4.78 is 5.25. The number of ether oxygens (including phenoxy) is 1. The fraction of sp³-hybridized carbons (Fsp3) is 0.320. The minimum atomic E-state index is -0.0594. The van der Waals surface area contributed by atoms with Gasteiger partial charge in [0.05, 0.1) is 12.9 Å². The van der Waals surface area contributed by atoms with Crippen molar-refractivity contribution in [3.63, 3.8) is 0 Å². The van der Waals surface area contributed by atoms with Gasteiger partial charge in [0.2, 0.25) is 5.91 Å². The molecule has 1 amide bonds. The van der Waals surface area contributed by atoms with Gasteiger partial charge in [-0.1, -0.05) is 23.9 Å². The third kappa shape index (κ3) is 5.96. The van der Waals surface area contributed by atoms with E-state index in [4.69, 9.17) is 9.72 Å². The highest BCUT2D eigenvalue weighted by Crippen LogP contribution is 2.23. The first-order valence-corrected chi connectivity index (χ1v) is 12.0. The molecule has 4 rings (SSSR count). The largest absolute Gasteiger partial charge is 0.497 e. The van der Waals surface area contributed by atoms with Crippen LogP contribution >= 0.6 is 11.8 Å². The Morgan fingerprint density at radius 1 is 1.03 bits per heavy atom. The van der Waals surface area contributed by atoms with Crippen LogP contribution in [0.15, 0.2) is 59.9 Å². The zero-order chi connectivity index (χ0) is 23.2. The van der Waals surface area contributed by atoms with Crippen molar-refractivity contribution in [2.45, 2.75) is 19.0 Å². The van der Waals surface area contributed by atoms with Crippen molar-refractivity contribution in [2.75, 3.05) is 54.2 Å². The Bertz CT molecular complexity index is 1100. The number of aromatic nitrogens is 2. The van der Waals surface area contributed by atoms with E-state index in [1.54, 1.807) is 13.3 Å². The summed E-state index contributed by atoms with van der Waals surface area (Å²) in [5.41, 5.74) is 4.21. The molecule has 0 spiro atoms. The Kier molecular flexibility index (Phi) is 7.34. The lowest BCUT2D eigenvalue weighted by molar-refractivity contribution is -0.113. The molecule has 0 aliphatic carbocycles. The maximum Gasteiger partial charge on any atom is 0.234 e. The number of nitrogens with zero attached hydrogens (tertiary/aromatic N) is 4. The van der Waals surface area contributed by atoms with Crippen LogP contribution in [0.3, 0.4) is 0 Å². The lowest BCUT2D eigenvalue weighted by Crippen LogP contribution is -2.46. The summed E-state index contributed by atoms with van der Waals surface area (Å²) in [5, 5.41) is 3.60. The number of rotatable bonds is 7. The van der Waals surface area contributed by atoms with Crippen molar-refractivity contribution in [1.29, 1.82) is 0 Å². The van der Waals surface area contributed by atoms with Gasteiger partial charge in [-0.2, -0.15) is 0 Å². The molecule has 1 aliphatic rings. The van der Waals surface area contributed by atoms with Gasteiger partial charge in [-0.25, -0.2) is 9.97 Å². The van der Waals surface area contributed by atoms with Gasteiger partial charge in [0.1, 0.15) is 11.6 Å². The lowest BCUT2D eigenvalue weighted by Gasteiger charge is -2.36. The van der Waals surface area contributed by atoms with Crippen LogP contribution < -0.4 is 19.9 Å². The molecule has 2 heterocycles.